The van der Waals surface area contributed by atoms with Crippen molar-refractivity contribution in [3.8, 4) is 11.5 Å². The number of ether oxygens (including phenoxy) is 2. The molecule has 0 bridgehead atoms. The third kappa shape index (κ3) is 4.59. The maximum atomic E-state index is 13.7. The lowest BCUT2D eigenvalue weighted by atomic mass is 10.1. The summed E-state index contributed by atoms with van der Waals surface area (Å²) in [4.78, 5) is 12.0. The molecule has 4 nitrogen and oxygen atoms in total. The highest BCUT2D eigenvalue weighted by Gasteiger charge is 2.11. The fourth-order valence-electron chi connectivity index (χ4n) is 2.18. The van der Waals surface area contributed by atoms with Crippen molar-refractivity contribution >= 4 is 12.0 Å². The molecule has 1 atom stereocenters. The number of carbonyl (C=O) groups excluding carboxylic acids is 1. The Morgan fingerprint density at radius 2 is 1.83 bits per heavy atom. The van der Waals surface area contributed by atoms with Gasteiger partial charge in [-0.3, -0.25) is 4.79 Å². The predicted molar refractivity (Wildman–Crippen MR) is 91.5 cm³/mol. The summed E-state index contributed by atoms with van der Waals surface area (Å²) < 4.78 is 23.7. The van der Waals surface area contributed by atoms with Crippen LogP contribution in [0.1, 0.15) is 24.1 Å². The lowest BCUT2D eigenvalue weighted by molar-refractivity contribution is -0.117. The summed E-state index contributed by atoms with van der Waals surface area (Å²) >= 11 is 0. The summed E-state index contributed by atoms with van der Waals surface area (Å²) in [5, 5.41) is 2.80. The van der Waals surface area contributed by atoms with Crippen molar-refractivity contribution < 1.29 is 18.7 Å². The summed E-state index contributed by atoms with van der Waals surface area (Å²) in [5.41, 5.74) is 1.55. The van der Waals surface area contributed by atoms with Gasteiger partial charge in [-0.2, -0.15) is 0 Å². The van der Waals surface area contributed by atoms with Crippen LogP contribution in [0.3, 0.4) is 0 Å². The maximum absolute atomic E-state index is 13.7. The van der Waals surface area contributed by atoms with Crippen molar-refractivity contribution in [2.45, 2.75) is 13.0 Å². The second kappa shape index (κ2) is 8.15. The molecular weight excluding hydrogens is 309 g/mol. The van der Waals surface area contributed by atoms with Crippen LogP contribution in [0, 0.1) is 5.82 Å². The van der Waals surface area contributed by atoms with E-state index in [2.05, 4.69) is 5.32 Å². The average molecular weight is 329 g/mol. The summed E-state index contributed by atoms with van der Waals surface area (Å²) in [7, 11) is 3.01. The Morgan fingerprint density at radius 3 is 2.42 bits per heavy atom. The quantitative estimate of drug-likeness (QED) is 0.822. The molecule has 0 aliphatic carbocycles. The second-order valence-corrected chi connectivity index (χ2v) is 5.23. The van der Waals surface area contributed by atoms with Crippen LogP contribution >= 0.6 is 0 Å². The molecule has 0 heterocycles. The summed E-state index contributed by atoms with van der Waals surface area (Å²) in [6, 6.07) is 11.6. The number of nitrogens with one attached hydrogen (secondary N) is 1. The lowest BCUT2D eigenvalue weighted by Gasteiger charge is -2.14. The van der Waals surface area contributed by atoms with Crippen molar-refractivity contribution in [3.05, 3.63) is 65.5 Å². The molecule has 0 saturated heterocycles. The third-order valence-corrected chi connectivity index (χ3v) is 3.58. The van der Waals surface area contributed by atoms with E-state index in [9.17, 15) is 9.18 Å². The monoisotopic (exact) mass is 329 g/mol. The normalized spacial score (nSPS) is 12.0. The number of carbonyl (C=O) groups is 1. The molecule has 126 valence electrons. The molecule has 1 N–H and O–H groups in total. The first-order valence-electron chi connectivity index (χ1n) is 7.49. The molecule has 0 aliphatic heterocycles. The van der Waals surface area contributed by atoms with E-state index in [0.717, 1.165) is 11.3 Å². The van der Waals surface area contributed by atoms with Gasteiger partial charge in [-0.15, -0.1) is 0 Å². The molecule has 5 heteroatoms. The third-order valence-electron chi connectivity index (χ3n) is 3.58. The Kier molecular flexibility index (Phi) is 5.95. The minimum Gasteiger partial charge on any atom is -0.497 e. The van der Waals surface area contributed by atoms with Gasteiger partial charge >= 0.3 is 0 Å². The molecule has 2 rings (SSSR count). The van der Waals surface area contributed by atoms with Gasteiger partial charge in [-0.25, -0.2) is 4.39 Å². The largest absolute Gasteiger partial charge is 0.497 e. The van der Waals surface area contributed by atoms with Crippen LogP contribution in [-0.4, -0.2) is 20.1 Å². The number of halogens is 1. The Morgan fingerprint density at radius 1 is 1.12 bits per heavy atom. The molecule has 1 amide bonds. The lowest BCUT2D eigenvalue weighted by Crippen LogP contribution is -2.24. The molecular formula is C19H20FNO3. The zero-order chi connectivity index (χ0) is 17.5. The van der Waals surface area contributed by atoms with E-state index in [1.807, 2.05) is 24.3 Å². The first kappa shape index (κ1) is 17.5. The van der Waals surface area contributed by atoms with Gasteiger partial charge in [0.15, 0.2) is 11.6 Å². The molecule has 24 heavy (non-hydrogen) atoms. The highest BCUT2D eigenvalue weighted by molar-refractivity contribution is 5.92. The Bertz CT molecular complexity index is 726. The summed E-state index contributed by atoms with van der Waals surface area (Å²) in [6.45, 7) is 1.79. The average Bonchev–Trinajstić information content (AvgIpc) is 2.60. The number of methoxy groups -OCH3 is 2. The van der Waals surface area contributed by atoms with Gasteiger partial charge in [0.2, 0.25) is 5.91 Å². The fourth-order valence-corrected chi connectivity index (χ4v) is 2.18. The second-order valence-electron chi connectivity index (χ2n) is 5.23. The van der Waals surface area contributed by atoms with E-state index >= 15 is 0 Å². The van der Waals surface area contributed by atoms with Crippen molar-refractivity contribution in [3.63, 3.8) is 0 Å². The minimum atomic E-state index is -0.454. The molecule has 0 saturated carbocycles. The van der Waals surface area contributed by atoms with Crippen molar-refractivity contribution in [2.75, 3.05) is 14.2 Å². The van der Waals surface area contributed by atoms with Crippen molar-refractivity contribution in [1.29, 1.82) is 0 Å². The Hall–Kier alpha value is -2.82. The molecule has 2 aromatic rings. The van der Waals surface area contributed by atoms with Crippen LogP contribution in [0.15, 0.2) is 48.5 Å². The minimum absolute atomic E-state index is 0.177. The molecule has 2 aromatic carbocycles. The van der Waals surface area contributed by atoms with Crippen LogP contribution in [0.4, 0.5) is 4.39 Å². The van der Waals surface area contributed by atoms with Crippen LogP contribution in [0.2, 0.25) is 0 Å². The van der Waals surface area contributed by atoms with Gasteiger partial charge < -0.3 is 14.8 Å². The first-order valence-corrected chi connectivity index (χ1v) is 7.49. The van der Waals surface area contributed by atoms with E-state index in [4.69, 9.17) is 9.47 Å². The van der Waals surface area contributed by atoms with Crippen molar-refractivity contribution in [1.82, 2.24) is 5.32 Å². The SMILES string of the molecule is COc1ccc(/C=C/C(=O)N[C@H](C)c2ccc(OC)c(F)c2)cc1. The van der Waals surface area contributed by atoms with Crippen LogP contribution in [0.5, 0.6) is 11.5 Å². The van der Waals surface area contributed by atoms with Crippen LogP contribution < -0.4 is 14.8 Å². The van der Waals surface area contributed by atoms with E-state index < -0.39 is 5.82 Å². The summed E-state index contributed by atoms with van der Waals surface area (Å²) in [6.07, 6.45) is 3.15. The topological polar surface area (TPSA) is 47.6 Å². The van der Waals surface area contributed by atoms with E-state index in [0.29, 0.717) is 5.56 Å². The van der Waals surface area contributed by atoms with Crippen LogP contribution in [-0.2, 0) is 4.79 Å². The summed E-state index contributed by atoms with van der Waals surface area (Å²) in [5.74, 6) is 0.225. The molecule has 0 fully saturated rings. The number of rotatable bonds is 6. The first-order chi connectivity index (χ1) is 11.5. The maximum Gasteiger partial charge on any atom is 0.244 e. The smallest absolute Gasteiger partial charge is 0.244 e. The molecule has 0 spiro atoms. The molecule has 0 aliphatic rings. The molecule has 0 aromatic heterocycles. The Balaban J connectivity index is 1.97. The van der Waals surface area contributed by atoms with E-state index in [1.165, 1.54) is 19.3 Å². The highest BCUT2D eigenvalue weighted by atomic mass is 19.1. The molecule has 0 unspecified atom stereocenters. The number of hydrogen-bond donors (Lipinski definition) is 1. The zero-order valence-electron chi connectivity index (χ0n) is 13.9. The van der Waals surface area contributed by atoms with Gasteiger partial charge in [0.25, 0.3) is 0 Å². The number of hydrogen-bond acceptors (Lipinski definition) is 3. The number of amides is 1. The standard InChI is InChI=1S/C19H20FNO3/c1-13(15-7-10-18(24-3)17(20)12-15)21-19(22)11-6-14-4-8-16(23-2)9-5-14/h4-13H,1-3H3,(H,21,22)/b11-6+/t13-/m1/s1. The Labute approximate surface area is 140 Å². The van der Waals surface area contributed by atoms with Crippen molar-refractivity contribution in [2.24, 2.45) is 0 Å². The fraction of sp³-hybridized carbons (Fsp3) is 0.211. The predicted octanol–water partition coefficient (Wildman–Crippen LogP) is 3.73. The van der Waals surface area contributed by atoms with Gasteiger partial charge in [0.05, 0.1) is 20.3 Å². The highest BCUT2D eigenvalue weighted by Crippen LogP contribution is 2.21. The van der Waals surface area contributed by atoms with E-state index in [1.54, 1.807) is 32.2 Å². The van der Waals surface area contributed by atoms with Gasteiger partial charge in [0, 0.05) is 6.08 Å². The number of benzene rings is 2. The molecule has 0 radical (unpaired) electrons. The van der Waals surface area contributed by atoms with Gasteiger partial charge in [0.1, 0.15) is 5.75 Å². The van der Waals surface area contributed by atoms with E-state index in [-0.39, 0.29) is 17.7 Å². The van der Waals surface area contributed by atoms with Crippen LogP contribution in [0.25, 0.3) is 6.08 Å². The van der Waals surface area contributed by atoms with Gasteiger partial charge in [-0.05, 0) is 48.4 Å². The van der Waals surface area contributed by atoms with Gasteiger partial charge in [-0.1, -0.05) is 18.2 Å². The zero-order valence-corrected chi connectivity index (χ0v) is 13.9.